The Morgan fingerprint density at radius 1 is 0.923 bits per heavy atom. The molecule has 5 rings (SSSR count). The molecule has 3 amide bonds. The number of aromatic nitrogens is 1. The fourth-order valence-corrected chi connectivity index (χ4v) is 7.29. The maximum atomic E-state index is 13.3. The van der Waals surface area contributed by atoms with E-state index in [1.54, 1.807) is 72.1 Å². The third kappa shape index (κ3) is 5.26. The molecule has 1 fully saturated rings. The molecule has 39 heavy (non-hydrogen) atoms. The lowest BCUT2D eigenvalue weighted by Crippen LogP contribution is -2.50. The summed E-state index contributed by atoms with van der Waals surface area (Å²) in [5, 5.41) is 4.84. The van der Waals surface area contributed by atoms with E-state index in [1.807, 2.05) is 0 Å². The van der Waals surface area contributed by atoms with E-state index in [1.165, 1.54) is 11.3 Å². The van der Waals surface area contributed by atoms with Crippen LogP contribution in [0, 0.1) is 5.92 Å². The Morgan fingerprint density at radius 2 is 1.51 bits per heavy atom. The SMILES string of the molecule is CC(C)C(C(=O)Nc1nc(-c2ccc(S(=O)(=O)N3CCCCCC3)cc2)cs1)N1C(=O)c2ccccc2C1=O. The van der Waals surface area contributed by atoms with Crippen LogP contribution in [-0.2, 0) is 14.8 Å². The molecule has 3 aromatic rings. The lowest BCUT2D eigenvalue weighted by Gasteiger charge is -2.27. The molecule has 1 aromatic heterocycles. The van der Waals surface area contributed by atoms with Crippen molar-refractivity contribution in [2.45, 2.75) is 50.5 Å². The molecule has 9 nitrogen and oxygen atoms in total. The molecule has 0 radical (unpaired) electrons. The van der Waals surface area contributed by atoms with Crippen LogP contribution in [0.1, 0.15) is 60.2 Å². The number of imide groups is 1. The topological polar surface area (TPSA) is 117 Å². The standard InChI is InChI=1S/C28H30N4O5S2/c1-18(2)24(32-26(34)21-9-5-6-10-22(21)27(32)35)25(33)30-28-29-23(17-38-28)19-11-13-20(14-12-19)39(36,37)31-15-7-3-4-8-16-31/h5-6,9-14,17-18,24H,3-4,7-8,15-16H2,1-2H3,(H,29,30,33). The van der Waals surface area contributed by atoms with E-state index in [4.69, 9.17) is 0 Å². The number of hydrogen-bond acceptors (Lipinski definition) is 7. The van der Waals surface area contributed by atoms with Crippen molar-refractivity contribution in [2.24, 2.45) is 5.92 Å². The van der Waals surface area contributed by atoms with Gasteiger partial charge in [-0.05, 0) is 43.0 Å². The molecule has 1 atom stereocenters. The third-order valence-corrected chi connectivity index (χ3v) is 9.76. The largest absolute Gasteiger partial charge is 0.300 e. The van der Waals surface area contributed by atoms with Gasteiger partial charge in [-0.1, -0.05) is 51.0 Å². The van der Waals surface area contributed by atoms with E-state index in [0.717, 1.165) is 30.6 Å². The summed E-state index contributed by atoms with van der Waals surface area (Å²) in [6.45, 7) is 4.64. The van der Waals surface area contributed by atoms with E-state index >= 15 is 0 Å². The Hall–Kier alpha value is -3.41. The summed E-state index contributed by atoms with van der Waals surface area (Å²) in [7, 11) is -3.55. The number of rotatable bonds is 7. The van der Waals surface area contributed by atoms with Crippen LogP contribution in [0.15, 0.2) is 58.8 Å². The van der Waals surface area contributed by atoms with Crippen molar-refractivity contribution < 1.29 is 22.8 Å². The van der Waals surface area contributed by atoms with Gasteiger partial charge in [0.15, 0.2) is 5.13 Å². The molecule has 0 spiro atoms. The Morgan fingerprint density at radius 3 is 2.08 bits per heavy atom. The summed E-state index contributed by atoms with van der Waals surface area (Å²) in [6, 6.07) is 12.1. The van der Waals surface area contributed by atoms with E-state index in [2.05, 4.69) is 10.3 Å². The van der Waals surface area contributed by atoms with Crippen LogP contribution in [0.5, 0.6) is 0 Å². The smallest absolute Gasteiger partial charge is 0.262 e. The van der Waals surface area contributed by atoms with Gasteiger partial charge in [0.1, 0.15) is 6.04 Å². The summed E-state index contributed by atoms with van der Waals surface area (Å²) in [5.74, 6) is -1.80. The van der Waals surface area contributed by atoms with Crippen molar-refractivity contribution in [1.82, 2.24) is 14.2 Å². The predicted octanol–water partition coefficient (Wildman–Crippen LogP) is 4.63. The minimum atomic E-state index is -3.55. The molecule has 3 heterocycles. The zero-order chi connectivity index (χ0) is 27.7. The first kappa shape index (κ1) is 27.2. The van der Waals surface area contributed by atoms with Crippen LogP contribution in [0.25, 0.3) is 11.3 Å². The molecular formula is C28H30N4O5S2. The average Bonchev–Trinajstić information content (AvgIpc) is 3.33. The normalized spacial score (nSPS) is 17.3. The van der Waals surface area contributed by atoms with Crippen molar-refractivity contribution >= 4 is 44.2 Å². The number of carbonyl (C=O) groups is 3. The average molecular weight is 567 g/mol. The Kier molecular flexibility index (Phi) is 7.66. The van der Waals surface area contributed by atoms with Gasteiger partial charge >= 0.3 is 0 Å². The minimum Gasteiger partial charge on any atom is -0.300 e. The molecule has 2 aliphatic heterocycles. The van der Waals surface area contributed by atoms with Gasteiger partial charge in [-0.2, -0.15) is 4.31 Å². The Balaban J connectivity index is 1.30. The number of fused-ring (bicyclic) bond motifs is 1. The molecule has 1 unspecified atom stereocenters. The van der Waals surface area contributed by atoms with E-state index in [0.29, 0.717) is 40.6 Å². The number of anilines is 1. The van der Waals surface area contributed by atoms with E-state index in [-0.39, 0.29) is 10.8 Å². The van der Waals surface area contributed by atoms with Crippen molar-refractivity contribution in [3.8, 4) is 11.3 Å². The zero-order valence-electron chi connectivity index (χ0n) is 21.8. The Labute approximate surface area is 231 Å². The van der Waals surface area contributed by atoms with Gasteiger partial charge in [-0.25, -0.2) is 13.4 Å². The first-order chi connectivity index (χ1) is 18.7. The molecule has 0 aliphatic carbocycles. The first-order valence-electron chi connectivity index (χ1n) is 13.0. The van der Waals surface area contributed by atoms with Gasteiger partial charge in [-0.15, -0.1) is 11.3 Å². The highest BCUT2D eigenvalue weighted by molar-refractivity contribution is 7.89. The molecule has 1 saturated heterocycles. The third-order valence-electron chi connectivity index (χ3n) is 7.09. The van der Waals surface area contributed by atoms with Crippen molar-refractivity contribution in [3.63, 3.8) is 0 Å². The van der Waals surface area contributed by atoms with Crippen LogP contribution >= 0.6 is 11.3 Å². The van der Waals surface area contributed by atoms with Crippen LogP contribution in [-0.4, -0.2) is 59.5 Å². The number of benzene rings is 2. The molecule has 0 saturated carbocycles. The zero-order valence-corrected chi connectivity index (χ0v) is 23.4. The number of amides is 3. The van der Waals surface area contributed by atoms with E-state index in [9.17, 15) is 22.8 Å². The highest BCUT2D eigenvalue weighted by Gasteiger charge is 2.44. The second kappa shape index (κ2) is 11.0. The number of hydrogen-bond donors (Lipinski definition) is 1. The highest BCUT2D eigenvalue weighted by atomic mass is 32.2. The van der Waals surface area contributed by atoms with Crippen LogP contribution < -0.4 is 5.32 Å². The fourth-order valence-electron chi connectivity index (χ4n) is 5.05. The van der Waals surface area contributed by atoms with Gasteiger partial charge in [-0.3, -0.25) is 19.3 Å². The quantitative estimate of drug-likeness (QED) is 0.417. The molecule has 0 bridgehead atoms. The van der Waals surface area contributed by atoms with Crippen LogP contribution in [0.2, 0.25) is 0 Å². The highest BCUT2D eigenvalue weighted by Crippen LogP contribution is 2.30. The van der Waals surface area contributed by atoms with Crippen molar-refractivity contribution in [3.05, 3.63) is 65.0 Å². The fraction of sp³-hybridized carbons (Fsp3) is 0.357. The van der Waals surface area contributed by atoms with Gasteiger partial charge in [0.05, 0.1) is 21.7 Å². The molecule has 204 valence electrons. The van der Waals surface area contributed by atoms with E-state index < -0.39 is 33.8 Å². The monoisotopic (exact) mass is 566 g/mol. The summed E-state index contributed by atoms with van der Waals surface area (Å²) < 4.78 is 27.7. The second-order valence-corrected chi connectivity index (χ2v) is 12.9. The van der Waals surface area contributed by atoms with Crippen molar-refractivity contribution in [2.75, 3.05) is 18.4 Å². The second-order valence-electron chi connectivity index (χ2n) is 10.1. The number of sulfonamides is 1. The number of nitrogens with one attached hydrogen (secondary N) is 1. The van der Waals surface area contributed by atoms with Crippen LogP contribution in [0.3, 0.4) is 0 Å². The van der Waals surface area contributed by atoms with Gasteiger partial charge in [0.25, 0.3) is 11.8 Å². The van der Waals surface area contributed by atoms with Gasteiger partial charge in [0.2, 0.25) is 15.9 Å². The van der Waals surface area contributed by atoms with Crippen molar-refractivity contribution in [1.29, 1.82) is 0 Å². The number of thiazole rings is 1. The lowest BCUT2D eigenvalue weighted by atomic mass is 10.0. The molecule has 2 aliphatic rings. The number of nitrogens with zero attached hydrogens (tertiary/aromatic N) is 3. The Bertz CT molecular complexity index is 1470. The molecular weight excluding hydrogens is 536 g/mol. The maximum absolute atomic E-state index is 13.3. The first-order valence-corrected chi connectivity index (χ1v) is 15.3. The van der Waals surface area contributed by atoms with Crippen LogP contribution in [0.4, 0.5) is 5.13 Å². The van der Waals surface area contributed by atoms with Gasteiger partial charge in [0, 0.05) is 24.0 Å². The maximum Gasteiger partial charge on any atom is 0.262 e. The summed E-state index contributed by atoms with van der Waals surface area (Å²) in [6.07, 6.45) is 3.83. The summed E-state index contributed by atoms with van der Waals surface area (Å²) in [4.78, 5) is 45.0. The predicted molar refractivity (Wildman–Crippen MR) is 149 cm³/mol. The minimum absolute atomic E-state index is 0.248. The molecule has 2 aromatic carbocycles. The summed E-state index contributed by atoms with van der Waals surface area (Å²) >= 11 is 1.21. The lowest BCUT2D eigenvalue weighted by molar-refractivity contribution is -0.121. The summed E-state index contributed by atoms with van der Waals surface area (Å²) in [5.41, 5.74) is 1.87. The van der Waals surface area contributed by atoms with Gasteiger partial charge < -0.3 is 5.32 Å². The molecule has 11 heteroatoms. The number of carbonyl (C=O) groups excluding carboxylic acids is 3. The molecule has 1 N–H and O–H groups in total.